The molecule has 1 saturated heterocycles. The van der Waals surface area contributed by atoms with Gasteiger partial charge in [0.25, 0.3) is 0 Å². The Balaban J connectivity index is 1.64. The number of nitrogen functional groups attached to an aromatic ring is 1. The summed E-state index contributed by atoms with van der Waals surface area (Å²) in [5, 5.41) is 5.26. The molecule has 8 nitrogen and oxygen atoms in total. The van der Waals surface area contributed by atoms with Crippen LogP contribution < -0.4 is 21.3 Å². The molecule has 1 aromatic heterocycles. The monoisotopic (exact) mass is 398 g/mol. The average molecular weight is 398 g/mol. The molecule has 4 rings (SSSR count). The lowest BCUT2D eigenvalue weighted by atomic mass is 9.91. The van der Waals surface area contributed by atoms with E-state index in [2.05, 4.69) is 20.6 Å². The molecule has 0 aliphatic carbocycles. The van der Waals surface area contributed by atoms with Crippen LogP contribution in [0, 0.1) is 12.7 Å². The topological polar surface area (TPSA) is 113 Å². The third-order valence-corrected chi connectivity index (χ3v) is 5.30. The molecule has 1 aromatic carbocycles. The number of hydrogen-bond acceptors (Lipinski definition) is 6. The minimum Gasteiger partial charge on any atom is -0.383 e. The number of anilines is 4. The average Bonchev–Trinajstić information content (AvgIpc) is 2.69. The number of amides is 2. The van der Waals surface area contributed by atoms with E-state index in [1.807, 2.05) is 4.90 Å². The van der Waals surface area contributed by atoms with E-state index in [0.29, 0.717) is 11.5 Å². The molecule has 2 amide bonds. The lowest BCUT2D eigenvalue weighted by Gasteiger charge is -2.30. The van der Waals surface area contributed by atoms with Crippen LogP contribution in [-0.4, -0.2) is 34.9 Å². The Bertz CT molecular complexity index is 974. The van der Waals surface area contributed by atoms with Gasteiger partial charge in [0.15, 0.2) is 0 Å². The van der Waals surface area contributed by atoms with Crippen LogP contribution in [0.25, 0.3) is 0 Å². The summed E-state index contributed by atoms with van der Waals surface area (Å²) in [6.07, 6.45) is 3.13. The SMILES string of the molecule is Cc1ccc(NC(=O)C2CC(=O)Nc3nc(N4CCCCC4)nc(N)c32)c(F)c1. The Labute approximate surface area is 167 Å². The van der Waals surface area contributed by atoms with Gasteiger partial charge in [-0.05, 0) is 43.9 Å². The summed E-state index contributed by atoms with van der Waals surface area (Å²) in [6.45, 7) is 3.40. The van der Waals surface area contributed by atoms with Crippen molar-refractivity contribution in [2.24, 2.45) is 0 Å². The number of nitrogens with one attached hydrogen (secondary N) is 2. The van der Waals surface area contributed by atoms with Crippen molar-refractivity contribution in [1.82, 2.24) is 9.97 Å². The Morgan fingerprint density at radius 2 is 2.03 bits per heavy atom. The summed E-state index contributed by atoms with van der Waals surface area (Å²) in [6, 6.07) is 4.52. The van der Waals surface area contributed by atoms with Gasteiger partial charge in [-0.15, -0.1) is 0 Å². The number of nitrogens with two attached hydrogens (primary N) is 1. The second-order valence-corrected chi connectivity index (χ2v) is 7.50. The fraction of sp³-hybridized carbons (Fsp3) is 0.400. The molecule has 0 radical (unpaired) electrons. The number of fused-ring (bicyclic) bond motifs is 1. The van der Waals surface area contributed by atoms with Crippen LogP contribution in [-0.2, 0) is 9.59 Å². The van der Waals surface area contributed by atoms with Crippen molar-refractivity contribution in [3.63, 3.8) is 0 Å². The molecular formula is C20H23FN6O2. The van der Waals surface area contributed by atoms with Gasteiger partial charge < -0.3 is 21.3 Å². The molecule has 1 unspecified atom stereocenters. The number of carbonyl (C=O) groups is 2. The number of nitrogens with zero attached hydrogens (tertiary/aromatic N) is 3. The Morgan fingerprint density at radius 1 is 1.28 bits per heavy atom. The number of aromatic nitrogens is 2. The first-order chi connectivity index (χ1) is 13.9. The van der Waals surface area contributed by atoms with Gasteiger partial charge >= 0.3 is 0 Å². The maximum Gasteiger partial charge on any atom is 0.232 e. The van der Waals surface area contributed by atoms with E-state index >= 15 is 0 Å². The maximum absolute atomic E-state index is 14.1. The van der Waals surface area contributed by atoms with Crippen molar-refractivity contribution in [2.45, 2.75) is 38.5 Å². The van der Waals surface area contributed by atoms with Crippen LogP contribution in [0.3, 0.4) is 0 Å². The molecule has 152 valence electrons. The lowest BCUT2D eigenvalue weighted by molar-refractivity contribution is -0.123. The molecule has 0 spiro atoms. The number of halogens is 1. The Kier molecular flexibility index (Phi) is 5.04. The van der Waals surface area contributed by atoms with Gasteiger partial charge in [-0.25, -0.2) is 4.39 Å². The summed E-state index contributed by atoms with van der Waals surface area (Å²) in [4.78, 5) is 36.0. The molecule has 0 saturated carbocycles. The summed E-state index contributed by atoms with van der Waals surface area (Å²) in [7, 11) is 0. The number of benzene rings is 1. The smallest absolute Gasteiger partial charge is 0.232 e. The van der Waals surface area contributed by atoms with E-state index in [4.69, 9.17) is 5.73 Å². The Hall–Kier alpha value is -3.23. The summed E-state index contributed by atoms with van der Waals surface area (Å²) in [5.74, 6) is -1.45. The zero-order valence-corrected chi connectivity index (χ0v) is 16.2. The van der Waals surface area contributed by atoms with Gasteiger partial charge in [-0.2, -0.15) is 9.97 Å². The number of piperidine rings is 1. The van der Waals surface area contributed by atoms with E-state index in [9.17, 15) is 14.0 Å². The summed E-state index contributed by atoms with van der Waals surface area (Å²) >= 11 is 0. The number of rotatable bonds is 3. The van der Waals surface area contributed by atoms with Gasteiger partial charge in [0.1, 0.15) is 17.5 Å². The Morgan fingerprint density at radius 3 is 2.76 bits per heavy atom. The molecule has 9 heteroatoms. The zero-order chi connectivity index (χ0) is 20.5. The summed E-state index contributed by atoms with van der Waals surface area (Å²) < 4.78 is 14.1. The second kappa shape index (κ2) is 7.65. The largest absolute Gasteiger partial charge is 0.383 e. The van der Waals surface area contributed by atoms with Crippen LogP contribution in [0.5, 0.6) is 0 Å². The van der Waals surface area contributed by atoms with Crippen molar-refractivity contribution in [3.05, 3.63) is 35.1 Å². The lowest BCUT2D eigenvalue weighted by Crippen LogP contribution is -2.35. The van der Waals surface area contributed by atoms with E-state index in [-0.39, 0.29) is 29.7 Å². The van der Waals surface area contributed by atoms with Crippen molar-refractivity contribution in [2.75, 3.05) is 34.4 Å². The van der Waals surface area contributed by atoms with E-state index in [0.717, 1.165) is 37.9 Å². The number of hydrogen-bond donors (Lipinski definition) is 3. The zero-order valence-electron chi connectivity index (χ0n) is 16.2. The van der Waals surface area contributed by atoms with Gasteiger partial charge in [0.05, 0.1) is 17.2 Å². The highest BCUT2D eigenvalue weighted by molar-refractivity contribution is 6.05. The minimum absolute atomic E-state index is 0.0533. The fourth-order valence-corrected chi connectivity index (χ4v) is 3.78. The van der Waals surface area contributed by atoms with Crippen LogP contribution in [0.15, 0.2) is 18.2 Å². The second-order valence-electron chi connectivity index (χ2n) is 7.50. The van der Waals surface area contributed by atoms with Gasteiger partial charge in [-0.1, -0.05) is 6.07 Å². The highest BCUT2D eigenvalue weighted by Crippen LogP contribution is 2.37. The molecule has 0 bridgehead atoms. The third kappa shape index (κ3) is 3.85. The maximum atomic E-state index is 14.1. The molecule has 2 aromatic rings. The van der Waals surface area contributed by atoms with E-state index in [1.165, 1.54) is 12.1 Å². The molecule has 1 atom stereocenters. The van der Waals surface area contributed by atoms with Gasteiger partial charge in [-0.3, -0.25) is 9.59 Å². The molecule has 29 heavy (non-hydrogen) atoms. The first-order valence-corrected chi connectivity index (χ1v) is 9.71. The molecule has 2 aliphatic rings. The third-order valence-electron chi connectivity index (χ3n) is 5.30. The highest BCUT2D eigenvalue weighted by atomic mass is 19.1. The quantitative estimate of drug-likeness (QED) is 0.732. The first-order valence-electron chi connectivity index (χ1n) is 9.71. The van der Waals surface area contributed by atoms with Gasteiger partial charge in [0, 0.05) is 19.5 Å². The standard InChI is InChI=1S/C20H23FN6O2/c1-11-5-6-14(13(21)9-11)23-19(29)12-10-15(28)24-18-16(12)17(22)25-20(26-18)27-7-3-2-4-8-27/h5-6,9,12H,2-4,7-8,10H2,1H3,(H,23,29)(H3,22,24,25,26,28). The normalized spacial score (nSPS) is 18.8. The van der Waals surface area contributed by atoms with Crippen molar-refractivity contribution >= 4 is 35.1 Å². The summed E-state index contributed by atoms with van der Waals surface area (Å²) in [5.41, 5.74) is 7.35. The van der Waals surface area contributed by atoms with Crippen LogP contribution in [0.4, 0.5) is 27.7 Å². The van der Waals surface area contributed by atoms with Crippen molar-refractivity contribution < 1.29 is 14.0 Å². The highest BCUT2D eigenvalue weighted by Gasteiger charge is 2.35. The van der Waals surface area contributed by atoms with Crippen LogP contribution in [0.1, 0.15) is 42.7 Å². The predicted octanol–water partition coefficient (Wildman–Crippen LogP) is 2.56. The fourth-order valence-electron chi connectivity index (χ4n) is 3.78. The molecular weight excluding hydrogens is 375 g/mol. The van der Waals surface area contributed by atoms with Crippen LogP contribution in [0.2, 0.25) is 0 Å². The molecule has 2 aliphatic heterocycles. The van der Waals surface area contributed by atoms with E-state index in [1.54, 1.807) is 13.0 Å². The molecule has 4 N–H and O–H groups in total. The molecule has 1 fully saturated rings. The molecule has 3 heterocycles. The minimum atomic E-state index is -0.894. The predicted molar refractivity (Wildman–Crippen MR) is 108 cm³/mol. The van der Waals surface area contributed by atoms with Gasteiger partial charge in [0.2, 0.25) is 17.8 Å². The van der Waals surface area contributed by atoms with Crippen LogP contribution >= 0.6 is 0 Å². The number of aryl methyl sites for hydroxylation is 1. The first kappa shape index (κ1) is 19.1. The van der Waals surface area contributed by atoms with Crippen molar-refractivity contribution in [1.29, 1.82) is 0 Å². The van der Waals surface area contributed by atoms with Crippen molar-refractivity contribution in [3.8, 4) is 0 Å². The number of carbonyl (C=O) groups excluding carboxylic acids is 2. The van der Waals surface area contributed by atoms with E-state index < -0.39 is 17.6 Å².